The van der Waals surface area contributed by atoms with E-state index in [1.165, 1.54) is 24.4 Å². The summed E-state index contributed by atoms with van der Waals surface area (Å²) in [6, 6.07) is 3.82. The van der Waals surface area contributed by atoms with E-state index in [-0.39, 0.29) is 19.0 Å². The van der Waals surface area contributed by atoms with Gasteiger partial charge in [0.15, 0.2) is 0 Å². The zero-order valence-electron chi connectivity index (χ0n) is 23.6. The number of methoxy groups -OCH3 is 1. The maximum atomic E-state index is 15.2. The molecule has 42 heavy (non-hydrogen) atoms. The summed E-state index contributed by atoms with van der Waals surface area (Å²) in [7, 11) is 1.23. The minimum absolute atomic E-state index is 0.0720. The number of hydrogen-bond donors (Lipinski definition) is 3. The number of anilines is 2. The number of hydrogen-bond acceptors (Lipinski definition) is 10. The number of aromatic nitrogens is 2. The number of aliphatic hydroxyl groups is 1. The molecule has 3 atom stereocenters. The van der Waals surface area contributed by atoms with Crippen LogP contribution in [0.3, 0.4) is 0 Å². The first kappa shape index (κ1) is 30.5. The first-order valence-corrected chi connectivity index (χ1v) is 13.4. The smallest absolute Gasteiger partial charge is 0.414 e. The number of rotatable bonds is 10. The zero-order chi connectivity index (χ0) is 30.2. The van der Waals surface area contributed by atoms with Gasteiger partial charge in [-0.15, -0.1) is 0 Å². The van der Waals surface area contributed by atoms with Crippen LogP contribution in [0.4, 0.5) is 25.4 Å². The zero-order valence-corrected chi connectivity index (χ0v) is 23.6. The number of aliphatic imine (C=N–C) groups is 1. The summed E-state index contributed by atoms with van der Waals surface area (Å²) >= 11 is 0. The highest BCUT2D eigenvalue weighted by atomic mass is 19.1. The molecule has 2 aliphatic rings. The standard InChI is InChI=1S/C27H35FN8O6/c1-4-29-7-8-33-16-22(31-17-33)24(37)32-18(2)25(38)35-11-9-34(10-12-35)23-6-5-19(13-21(23)28)36-15-20(42-27(36)40)14-30-26(39)41-3/h4-8,13,16-18,20,24,32,37H,9-12,14-15H2,1-3H3,(H,30,39)/b8-7-,29-4?/t18-,20?,24?/m0/s1. The minimum Gasteiger partial charge on any atom is -0.453 e. The van der Waals surface area contributed by atoms with Crippen LogP contribution in [-0.2, 0) is 14.3 Å². The molecule has 0 saturated carbocycles. The number of ether oxygens (including phenoxy) is 2. The fourth-order valence-electron chi connectivity index (χ4n) is 4.64. The maximum Gasteiger partial charge on any atom is 0.414 e. The molecule has 3 N–H and O–H groups in total. The highest BCUT2D eigenvalue weighted by Gasteiger charge is 2.33. The Hall–Kier alpha value is -4.50. The Morgan fingerprint density at radius 2 is 2.07 bits per heavy atom. The molecule has 15 heteroatoms. The number of amides is 3. The first-order valence-electron chi connectivity index (χ1n) is 13.4. The number of alkyl carbamates (subject to hydrolysis) is 1. The first-order chi connectivity index (χ1) is 20.2. The largest absolute Gasteiger partial charge is 0.453 e. The molecular weight excluding hydrogens is 551 g/mol. The fraction of sp³-hybridized carbons (Fsp3) is 0.444. The molecule has 0 spiro atoms. The molecule has 3 amide bonds. The van der Waals surface area contributed by atoms with E-state index < -0.39 is 36.4 Å². The van der Waals surface area contributed by atoms with E-state index in [0.717, 1.165) is 0 Å². The summed E-state index contributed by atoms with van der Waals surface area (Å²) in [5, 5.41) is 15.9. The Morgan fingerprint density at radius 3 is 2.76 bits per heavy atom. The SMILES string of the molecule is CC=N/C=C\n1cnc(C(O)N[C@@H](C)C(=O)N2CCN(c3ccc(N4CC(CNC(=O)OC)OC4=O)cc3F)CC2)c1. The Morgan fingerprint density at radius 1 is 1.31 bits per heavy atom. The molecule has 226 valence electrons. The summed E-state index contributed by atoms with van der Waals surface area (Å²) in [4.78, 5) is 49.6. The summed E-state index contributed by atoms with van der Waals surface area (Å²) in [6.45, 7) is 5.23. The maximum absolute atomic E-state index is 15.2. The van der Waals surface area contributed by atoms with Crippen molar-refractivity contribution in [3.8, 4) is 0 Å². The van der Waals surface area contributed by atoms with Gasteiger partial charge in [0.25, 0.3) is 0 Å². The van der Waals surface area contributed by atoms with Gasteiger partial charge in [-0.25, -0.2) is 19.0 Å². The third kappa shape index (κ3) is 7.41. The number of cyclic esters (lactones) is 1. The molecule has 1 aromatic heterocycles. The van der Waals surface area contributed by atoms with Gasteiger partial charge in [0.2, 0.25) is 5.91 Å². The number of imidazole rings is 1. The van der Waals surface area contributed by atoms with Gasteiger partial charge in [0.05, 0.1) is 43.9 Å². The van der Waals surface area contributed by atoms with Crippen LogP contribution in [0.5, 0.6) is 0 Å². The second-order valence-electron chi connectivity index (χ2n) is 9.68. The summed E-state index contributed by atoms with van der Waals surface area (Å²) < 4.78 is 26.6. The van der Waals surface area contributed by atoms with Gasteiger partial charge in [-0.2, -0.15) is 0 Å². The van der Waals surface area contributed by atoms with E-state index >= 15 is 4.39 Å². The van der Waals surface area contributed by atoms with Crippen molar-refractivity contribution < 1.29 is 33.4 Å². The van der Waals surface area contributed by atoms with E-state index in [1.54, 1.807) is 60.3 Å². The van der Waals surface area contributed by atoms with E-state index in [0.29, 0.717) is 43.2 Å². The van der Waals surface area contributed by atoms with Crippen LogP contribution in [0.1, 0.15) is 25.8 Å². The van der Waals surface area contributed by atoms with Crippen molar-refractivity contribution in [2.75, 3.05) is 56.2 Å². The Labute approximate surface area is 242 Å². The van der Waals surface area contributed by atoms with Crippen LogP contribution in [0, 0.1) is 5.82 Å². The molecule has 0 aliphatic carbocycles. The fourth-order valence-corrected chi connectivity index (χ4v) is 4.64. The minimum atomic E-state index is -1.14. The second-order valence-corrected chi connectivity index (χ2v) is 9.68. The van der Waals surface area contributed by atoms with E-state index in [4.69, 9.17) is 4.74 Å². The molecule has 1 aromatic carbocycles. The van der Waals surface area contributed by atoms with Crippen molar-refractivity contribution in [2.45, 2.75) is 32.2 Å². The number of carbonyl (C=O) groups excluding carboxylic acids is 3. The number of nitrogens with zero attached hydrogens (tertiary/aromatic N) is 6. The highest BCUT2D eigenvalue weighted by molar-refractivity contribution is 5.90. The molecule has 4 rings (SSSR count). The quantitative estimate of drug-likeness (QED) is 0.278. The number of carbonyl (C=O) groups is 3. The van der Waals surface area contributed by atoms with Crippen molar-refractivity contribution in [3.63, 3.8) is 0 Å². The van der Waals surface area contributed by atoms with Gasteiger partial charge in [-0.1, -0.05) is 0 Å². The molecule has 2 saturated heterocycles. The van der Waals surface area contributed by atoms with Gasteiger partial charge >= 0.3 is 12.2 Å². The molecule has 2 unspecified atom stereocenters. The monoisotopic (exact) mass is 586 g/mol. The molecule has 2 aliphatic heterocycles. The summed E-state index contributed by atoms with van der Waals surface area (Å²) in [5.74, 6) is -0.699. The van der Waals surface area contributed by atoms with Crippen LogP contribution in [0.2, 0.25) is 0 Å². The Kier molecular flexibility index (Phi) is 10.1. The lowest BCUT2D eigenvalue weighted by molar-refractivity contribution is -0.134. The van der Waals surface area contributed by atoms with Crippen LogP contribution in [0.15, 0.2) is 41.9 Å². The predicted molar refractivity (Wildman–Crippen MR) is 152 cm³/mol. The van der Waals surface area contributed by atoms with Crippen LogP contribution < -0.4 is 20.4 Å². The van der Waals surface area contributed by atoms with E-state index in [2.05, 4.69) is 25.3 Å². The molecule has 2 fully saturated rings. The Balaban J connectivity index is 1.28. The predicted octanol–water partition coefficient (Wildman–Crippen LogP) is 1.54. The molecule has 0 bridgehead atoms. The van der Waals surface area contributed by atoms with Crippen LogP contribution in [-0.4, -0.2) is 102 Å². The lowest BCUT2D eigenvalue weighted by Crippen LogP contribution is -2.54. The number of benzene rings is 1. The lowest BCUT2D eigenvalue weighted by Gasteiger charge is -2.37. The van der Waals surface area contributed by atoms with Crippen molar-refractivity contribution in [1.29, 1.82) is 0 Å². The van der Waals surface area contributed by atoms with Crippen molar-refractivity contribution >= 4 is 41.9 Å². The highest BCUT2D eigenvalue weighted by Crippen LogP contribution is 2.28. The molecule has 2 aromatic rings. The third-order valence-corrected chi connectivity index (χ3v) is 6.86. The second kappa shape index (κ2) is 13.9. The topological polar surface area (TPSA) is 154 Å². The van der Waals surface area contributed by atoms with Crippen molar-refractivity contribution in [1.82, 2.24) is 25.1 Å². The molecular formula is C27H35FN8O6. The molecule has 0 radical (unpaired) electrons. The number of halogens is 1. The Bertz CT molecular complexity index is 1330. The molecule has 3 heterocycles. The average molecular weight is 587 g/mol. The summed E-state index contributed by atoms with van der Waals surface area (Å²) in [6.07, 6.45) is 5.05. The van der Waals surface area contributed by atoms with Crippen molar-refractivity contribution in [3.05, 3.63) is 48.4 Å². The van der Waals surface area contributed by atoms with E-state index in [9.17, 15) is 19.5 Å². The lowest BCUT2D eigenvalue weighted by atomic mass is 10.2. The van der Waals surface area contributed by atoms with Gasteiger partial charge < -0.3 is 34.3 Å². The normalized spacial score (nSPS) is 18.9. The van der Waals surface area contributed by atoms with Crippen molar-refractivity contribution in [2.24, 2.45) is 4.99 Å². The van der Waals surface area contributed by atoms with Gasteiger partial charge in [-0.3, -0.25) is 20.0 Å². The number of nitrogens with one attached hydrogen (secondary N) is 2. The average Bonchev–Trinajstić information content (AvgIpc) is 3.62. The third-order valence-electron chi connectivity index (χ3n) is 6.86. The summed E-state index contributed by atoms with van der Waals surface area (Å²) in [5.41, 5.74) is 1.06. The van der Waals surface area contributed by atoms with Gasteiger partial charge in [-0.05, 0) is 32.0 Å². The van der Waals surface area contributed by atoms with Crippen LogP contribution >= 0.6 is 0 Å². The van der Waals surface area contributed by atoms with Gasteiger partial charge in [0, 0.05) is 51.0 Å². The number of piperazine rings is 1. The van der Waals surface area contributed by atoms with E-state index in [1.807, 2.05) is 4.90 Å². The molecule has 14 nitrogen and oxygen atoms in total. The number of aliphatic hydroxyl groups excluding tert-OH is 1. The van der Waals surface area contributed by atoms with Gasteiger partial charge in [0.1, 0.15) is 23.8 Å². The van der Waals surface area contributed by atoms with Crippen LogP contribution in [0.25, 0.3) is 6.20 Å².